The molecule has 2 atom stereocenters. The predicted octanol–water partition coefficient (Wildman–Crippen LogP) is 2.82. The molecule has 0 heterocycles. The van der Waals surface area contributed by atoms with E-state index in [1.54, 1.807) is 13.0 Å². The molecule has 0 bridgehead atoms. The molecule has 21 heavy (non-hydrogen) atoms. The molecular formula is C14H20F2N2O3. The summed E-state index contributed by atoms with van der Waals surface area (Å²) in [7, 11) is 0. The number of nitrogens with one attached hydrogen (secondary N) is 2. The molecule has 2 amide bonds. The molecule has 0 fully saturated rings. The van der Waals surface area contributed by atoms with Crippen LogP contribution in [0, 0.1) is 5.92 Å². The maximum atomic E-state index is 12.1. The molecule has 1 aromatic carbocycles. The lowest BCUT2D eigenvalue weighted by Gasteiger charge is -2.15. The molecule has 0 aliphatic heterocycles. The molecule has 1 aromatic rings. The van der Waals surface area contributed by atoms with Gasteiger partial charge >= 0.3 is 12.6 Å². The van der Waals surface area contributed by atoms with Crippen LogP contribution in [0.15, 0.2) is 24.3 Å². The van der Waals surface area contributed by atoms with Crippen molar-refractivity contribution in [1.82, 2.24) is 5.32 Å². The molecule has 1 rings (SSSR count). The first kappa shape index (κ1) is 17.2. The summed E-state index contributed by atoms with van der Waals surface area (Å²) in [5.41, 5.74) is 0.355. The maximum Gasteiger partial charge on any atom is 0.387 e. The molecule has 7 heteroatoms. The number of rotatable bonds is 7. The topological polar surface area (TPSA) is 70.6 Å². The third kappa shape index (κ3) is 7.45. The fourth-order valence-corrected chi connectivity index (χ4v) is 1.86. The Kier molecular flexibility index (Phi) is 6.87. The van der Waals surface area contributed by atoms with Gasteiger partial charge in [0, 0.05) is 18.3 Å². The summed E-state index contributed by atoms with van der Waals surface area (Å²) in [5, 5.41) is 14.4. The lowest BCUT2D eigenvalue weighted by molar-refractivity contribution is -0.0498. The number of anilines is 1. The highest BCUT2D eigenvalue weighted by Crippen LogP contribution is 2.19. The third-order valence-electron chi connectivity index (χ3n) is 2.67. The summed E-state index contributed by atoms with van der Waals surface area (Å²) in [4.78, 5) is 11.7. The van der Waals surface area contributed by atoms with Crippen molar-refractivity contribution in [3.05, 3.63) is 24.3 Å². The van der Waals surface area contributed by atoms with Gasteiger partial charge in [0.1, 0.15) is 5.75 Å². The largest absolute Gasteiger partial charge is 0.435 e. The summed E-state index contributed by atoms with van der Waals surface area (Å²) in [6.07, 6.45) is 0.158. The summed E-state index contributed by atoms with van der Waals surface area (Å²) < 4.78 is 28.4. The van der Waals surface area contributed by atoms with Crippen molar-refractivity contribution < 1.29 is 23.4 Å². The summed E-state index contributed by atoms with van der Waals surface area (Å²) in [5.74, 6) is 0.106. The van der Waals surface area contributed by atoms with Crippen molar-refractivity contribution in [3.8, 4) is 5.75 Å². The first-order valence-corrected chi connectivity index (χ1v) is 6.64. The van der Waals surface area contributed by atoms with E-state index in [1.807, 2.05) is 6.92 Å². The van der Waals surface area contributed by atoms with Gasteiger partial charge in [-0.15, -0.1) is 0 Å². The van der Waals surface area contributed by atoms with Crippen LogP contribution in [0.4, 0.5) is 19.3 Å². The van der Waals surface area contributed by atoms with Gasteiger partial charge in [-0.05, 0) is 31.4 Å². The van der Waals surface area contributed by atoms with Crippen LogP contribution in [0.5, 0.6) is 5.75 Å². The number of urea groups is 1. The van der Waals surface area contributed by atoms with Crippen molar-refractivity contribution in [2.24, 2.45) is 5.92 Å². The summed E-state index contributed by atoms with van der Waals surface area (Å²) in [6.45, 7) is 1.09. The Morgan fingerprint density at radius 1 is 1.38 bits per heavy atom. The molecule has 3 N–H and O–H groups in total. The van der Waals surface area contributed by atoms with E-state index in [2.05, 4.69) is 15.4 Å². The van der Waals surface area contributed by atoms with Crippen LogP contribution in [0.25, 0.3) is 0 Å². The third-order valence-corrected chi connectivity index (χ3v) is 2.67. The Hall–Kier alpha value is -1.89. The minimum Gasteiger partial charge on any atom is -0.435 e. The average molecular weight is 302 g/mol. The van der Waals surface area contributed by atoms with Crippen molar-refractivity contribution >= 4 is 11.7 Å². The zero-order valence-electron chi connectivity index (χ0n) is 12.0. The number of alkyl halides is 2. The highest BCUT2D eigenvalue weighted by molar-refractivity contribution is 5.89. The number of amides is 2. The smallest absolute Gasteiger partial charge is 0.387 e. The SMILES string of the molecule is C[C@H](CNC(=O)Nc1cccc(OC(F)F)c1)C[C@@H](C)O. The highest BCUT2D eigenvalue weighted by atomic mass is 19.3. The Labute approximate surface area is 122 Å². The Balaban J connectivity index is 2.44. The van der Waals surface area contributed by atoms with E-state index in [1.165, 1.54) is 18.2 Å². The normalized spacial score (nSPS) is 13.6. The quantitative estimate of drug-likeness (QED) is 0.725. The second kappa shape index (κ2) is 8.41. The molecule has 0 saturated heterocycles. The number of hydrogen-bond acceptors (Lipinski definition) is 3. The van der Waals surface area contributed by atoms with Gasteiger partial charge in [-0.25, -0.2) is 4.79 Å². The van der Waals surface area contributed by atoms with Gasteiger partial charge in [0.05, 0.1) is 6.10 Å². The number of ether oxygens (including phenoxy) is 1. The van der Waals surface area contributed by atoms with Gasteiger partial charge in [-0.3, -0.25) is 0 Å². The lowest BCUT2D eigenvalue weighted by Crippen LogP contribution is -2.33. The van der Waals surface area contributed by atoms with E-state index in [9.17, 15) is 18.7 Å². The predicted molar refractivity (Wildman–Crippen MR) is 75.6 cm³/mol. The fourth-order valence-electron chi connectivity index (χ4n) is 1.86. The Bertz CT molecular complexity index is 456. The van der Waals surface area contributed by atoms with Gasteiger partial charge in [-0.1, -0.05) is 13.0 Å². The molecule has 118 valence electrons. The van der Waals surface area contributed by atoms with Gasteiger partial charge in [0.2, 0.25) is 0 Å². The van der Waals surface area contributed by atoms with Gasteiger partial charge in [0.15, 0.2) is 0 Å². The minimum atomic E-state index is -2.91. The molecule has 0 aliphatic carbocycles. The van der Waals surface area contributed by atoms with Crippen LogP contribution in [-0.2, 0) is 0 Å². The van der Waals surface area contributed by atoms with E-state index in [-0.39, 0.29) is 11.7 Å². The first-order chi connectivity index (χ1) is 9.86. The number of carbonyl (C=O) groups excluding carboxylic acids is 1. The Morgan fingerprint density at radius 3 is 2.71 bits per heavy atom. The van der Waals surface area contributed by atoms with Crippen molar-refractivity contribution in [2.45, 2.75) is 33.0 Å². The number of halogens is 2. The molecule has 0 aromatic heterocycles. The monoisotopic (exact) mass is 302 g/mol. The van der Waals surface area contributed by atoms with Crippen LogP contribution in [0.1, 0.15) is 20.3 Å². The van der Waals surface area contributed by atoms with Crippen molar-refractivity contribution in [3.63, 3.8) is 0 Å². The maximum absolute atomic E-state index is 12.1. The zero-order chi connectivity index (χ0) is 15.8. The van der Waals surface area contributed by atoms with Gasteiger partial charge in [-0.2, -0.15) is 8.78 Å². The van der Waals surface area contributed by atoms with Crippen molar-refractivity contribution in [1.29, 1.82) is 0 Å². The van der Waals surface area contributed by atoms with Crippen LogP contribution >= 0.6 is 0 Å². The number of aliphatic hydroxyl groups excluding tert-OH is 1. The molecule has 0 saturated carbocycles. The van der Waals surface area contributed by atoms with Gasteiger partial charge in [0.25, 0.3) is 0 Å². The average Bonchev–Trinajstić information content (AvgIpc) is 2.35. The Morgan fingerprint density at radius 2 is 2.10 bits per heavy atom. The van der Waals surface area contributed by atoms with Gasteiger partial charge < -0.3 is 20.5 Å². The standard InChI is InChI=1S/C14H20F2N2O3/c1-9(6-10(2)19)8-17-14(20)18-11-4-3-5-12(7-11)21-13(15)16/h3-5,7,9-10,13,19H,6,8H2,1-2H3,(H2,17,18,20)/t9-,10+/m0/s1. The molecule has 0 aliphatic rings. The second-order valence-corrected chi connectivity index (χ2v) is 4.93. The van der Waals surface area contributed by atoms with Crippen LogP contribution in [0.2, 0.25) is 0 Å². The van der Waals surface area contributed by atoms with Crippen LogP contribution < -0.4 is 15.4 Å². The summed E-state index contributed by atoms with van der Waals surface area (Å²) >= 11 is 0. The van der Waals surface area contributed by atoms with E-state index < -0.39 is 18.7 Å². The van der Waals surface area contributed by atoms with E-state index in [0.717, 1.165) is 0 Å². The van der Waals surface area contributed by atoms with E-state index in [0.29, 0.717) is 18.7 Å². The molecular weight excluding hydrogens is 282 g/mol. The fraction of sp³-hybridized carbons (Fsp3) is 0.500. The van der Waals surface area contributed by atoms with Crippen molar-refractivity contribution in [2.75, 3.05) is 11.9 Å². The number of carbonyl (C=O) groups is 1. The lowest BCUT2D eigenvalue weighted by atomic mass is 10.1. The second-order valence-electron chi connectivity index (χ2n) is 4.93. The van der Waals surface area contributed by atoms with E-state index in [4.69, 9.17) is 0 Å². The van der Waals surface area contributed by atoms with E-state index >= 15 is 0 Å². The molecule has 0 unspecified atom stereocenters. The van der Waals surface area contributed by atoms with Crippen LogP contribution in [0.3, 0.4) is 0 Å². The molecule has 0 radical (unpaired) electrons. The molecule has 0 spiro atoms. The number of benzene rings is 1. The first-order valence-electron chi connectivity index (χ1n) is 6.64. The highest BCUT2D eigenvalue weighted by Gasteiger charge is 2.09. The summed E-state index contributed by atoms with van der Waals surface area (Å²) in [6, 6.07) is 5.31. The number of hydrogen-bond donors (Lipinski definition) is 3. The zero-order valence-corrected chi connectivity index (χ0v) is 12.0. The minimum absolute atomic E-state index is 0.0229. The number of aliphatic hydroxyl groups is 1. The molecule has 5 nitrogen and oxygen atoms in total. The van der Waals surface area contributed by atoms with Crippen LogP contribution in [-0.4, -0.2) is 30.4 Å².